The van der Waals surface area contributed by atoms with Gasteiger partial charge < -0.3 is 9.47 Å². The van der Waals surface area contributed by atoms with Gasteiger partial charge in [0.2, 0.25) is 0 Å². The van der Waals surface area contributed by atoms with E-state index < -0.39 is 0 Å². The van der Waals surface area contributed by atoms with Gasteiger partial charge in [0.25, 0.3) is 11.1 Å². The standard InChI is InChI=1S/C20H17BrClNO4S/c1-3-27-17-10-14(21)13(8-16(17)26-2)9-18-19(24)23(20(25)28-18)11-12-6-4-5-7-15(12)22/h4-10H,3,11H2,1-2H3. The number of halogens is 2. The molecule has 2 aromatic carbocycles. The van der Waals surface area contributed by atoms with Crippen LogP contribution in [0.2, 0.25) is 5.02 Å². The lowest BCUT2D eigenvalue weighted by Crippen LogP contribution is -2.27. The van der Waals surface area contributed by atoms with E-state index in [0.29, 0.717) is 33.6 Å². The molecule has 0 unspecified atom stereocenters. The number of hydrogen-bond acceptors (Lipinski definition) is 5. The SMILES string of the molecule is CCOc1cc(Br)c(C=C2SC(=O)N(Cc3ccccc3Cl)C2=O)cc1OC. The van der Waals surface area contributed by atoms with Gasteiger partial charge in [0.15, 0.2) is 11.5 Å². The molecule has 2 aromatic rings. The molecular weight excluding hydrogens is 466 g/mol. The van der Waals surface area contributed by atoms with E-state index in [2.05, 4.69) is 15.9 Å². The number of methoxy groups -OCH3 is 1. The third-order valence-corrected chi connectivity index (χ3v) is 5.99. The summed E-state index contributed by atoms with van der Waals surface area (Å²) >= 11 is 10.5. The van der Waals surface area contributed by atoms with Crippen molar-refractivity contribution in [2.24, 2.45) is 0 Å². The van der Waals surface area contributed by atoms with Gasteiger partial charge in [-0.25, -0.2) is 0 Å². The Morgan fingerprint density at radius 3 is 2.64 bits per heavy atom. The van der Waals surface area contributed by atoms with E-state index in [1.807, 2.05) is 13.0 Å². The summed E-state index contributed by atoms with van der Waals surface area (Å²) in [6, 6.07) is 10.7. The highest BCUT2D eigenvalue weighted by molar-refractivity contribution is 9.10. The van der Waals surface area contributed by atoms with Crippen molar-refractivity contribution in [3.8, 4) is 11.5 Å². The number of hydrogen-bond donors (Lipinski definition) is 0. The summed E-state index contributed by atoms with van der Waals surface area (Å²) in [5, 5.41) is 0.190. The van der Waals surface area contributed by atoms with Crippen LogP contribution >= 0.6 is 39.3 Å². The van der Waals surface area contributed by atoms with Crippen molar-refractivity contribution in [2.75, 3.05) is 13.7 Å². The molecule has 0 aromatic heterocycles. The van der Waals surface area contributed by atoms with E-state index in [1.165, 1.54) is 4.90 Å². The van der Waals surface area contributed by atoms with Crippen LogP contribution in [-0.2, 0) is 11.3 Å². The molecule has 0 spiro atoms. The van der Waals surface area contributed by atoms with Crippen LogP contribution < -0.4 is 9.47 Å². The number of nitrogens with zero attached hydrogens (tertiary/aromatic N) is 1. The largest absolute Gasteiger partial charge is 0.493 e. The van der Waals surface area contributed by atoms with E-state index in [9.17, 15) is 9.59 Å². The molecule has 1 aliphatic rings. The third-order valence-electron chi connectivity index (χ3n) is 4.03. The molecule has 0 saturated carbocycles. The maximum Gasteiger partial charge on any atom is 0.293 e. The van der Waals surface area contributed by atoms with Gasteiger partial charge in [-0.3, -0.25) is 14.5 Å². The average Bonchev–Trinajstić information content (AvgIpc) is 2.93. The lowest BCUT2D eigenvalue weighted by molar-refractivity contribution is -0.123. The van der Waals surface area contributed by atoms with Crippen molar-refractivity contribution in [3.05, 3.63) is 61.9 Å². The molecule has 8 heteroatoms. The minimum atomic E-state index is -0.352. The smallest absolute Gasteiger partial charge is 0.293 e. The fourth-order valence-corrected chi connectivity index (χ4v) is 4.13. The van der Waals surface area contributed by atoms with Crippen molar-refractivity contribution in [1.82, 2.24) is 4.90 Å². The minimum Gasteiger partial charge on any atom is -0.493 e. The fraction of sp³-hybridized carbons (Fsp3) is 0.200. The predicted molar refractivity (Wildman–Crippen MR) is 115 cm³/mol. The van der Waals surface area contributed by atoms with E-state index in [4.69, 9.17) is 21.1 Å². The molecule has 0 atom stereocenters. The molecule has 1 aliphatic heterocycles. The van der Waals surface area contributed by atoms with Crippen LogP contribution in [0.15, 0.2) is 45.8 Å². The molecular formula is C20H17BrClNO4S. The minimum absolute atomic E-state index is 0.134. The number of rotatable bonds is 6. The molecule has 1 fully saturated rings. The van der Waals surface area contributed by atoms with Gasteiger partial charge in [0, 0.05) is 9.50 Å². The molecule has 3 rings (SSSR count). The van der Waals surface area contributed by atoms with Crippen molar-refractivity contribution in [1.29, 1.82) is 0 Å². The van der Waals surface area contributed by atoms with E-state index in [0.717, 1.165) is 21.8 Å². The second-order valence-electron chi connectivity index (χ2n) is 5.82. The second kappa shape index (κ2) is 9.03. The zero-order valence-corrected chi connectivity index (χ0v) is 18.4. The summed E-state index contributed by atoms with van der Waals surface area (Å²) in [4.78, 5) is 26.7. The topological polar surface area (TPSA) is 55.8 Å². The van der Waals surface area contributed by atoms with Crippen LogP contribution in [0.25, 0.3) is 6.08 Å². The lowest BCUT2D eigenvalue weighted by Gasteiger charge is -2.13. The molecule has 146 valence electrons. The number of ether oxygens (including phenoxy) is 2. The zero-order chi connectivity index (χ0) is 20.3. The van der Waals surface area contributed by atoms with Crippen LogP contribution in [0.3, 0.4) is 0 Å². The van der Waals surface area contributed by atoms with Crippen LogP contribution in [0.5, 0.6) is 11.5 Å². The number of thioether (sulfide) groups is 1. The van der Waals surface area contributed by atoms with Gasteiger partial charge in [-0.2, -0.15) is 0 Å². The van der Waals surface area contributed by atoms with Crippen LogP contribution in [0, 0.1) is 0 Å². The summed E-state index contributed by atoms with van der Waals surface area (Å²) in [5.41, 5.74) is 1.43. The Morgan fingerprint density at radius 1 is 1.21 bits per heavy atom. The molecule has 1 heterocycles. The van der Waals surface area contributed by atoms with Gasteiger partial charge in [0.05, 0.1) is 25.2 Å². The Hall–Kier alpha value is -1.96. The van der Waals surface area contributed by atoms with E-state index in [1.54, 1.807) is 43.5 Å². The lowest BCUT2D eigenvalue weighted by atomic mass is 10.1. The Balaban J connectivity index is 1.88. The van der Waals surface area contributed by atoms with E-state index in [-0.39, 0.29) is 17.7 Å². The first-order valence-electron chi connectivity index (χ1n) is 8.43. The molecule has 0 radical (unpaired) electrons. The van der Waals surface area contributed by atoms with Gasteiger partial charge in [0.1, 0.15) is 0 Å². The number of benzene rings is 2. The highest BCUT2D eigenvalue weighted by Gasteiger charge is 2.35. The number of carbonyl (C=O) groups is 2. The molecule has 5 nitrogen and oxygen atoms in total. The zero-order valence-electron chi connectivity index (χ0n) is 15.2. The first-order chi connectivity index (χ1) is 13.4. The van der Waals surface area contributed by atoms with Crippen molar-refractivity contribution in [3.63, 3.8) is 0 Å². The highest BCUT2D eigenvalue weighted by atomic mass is 79.9. The van der Waals surface area contributed by atoms with Gasteiger partial charge in [-0.05, 0) is 54.1 Å². The van der Waals surface area contributed by atoms with Crippen LogP contribution in [-0.4, -0.2) is 29.8 Å². The van der Waals surface area contributed by atoms with Gasteiger partial charge in [-0.15, -0.1) is 0 Å². The number of amides is 2. The molecule has 28 heavy (non-hydrogen) atoms. The maximum atomic E-state index is 12.8. The molecule has 1 saturated heterocycles. The first-order valence-corrected chi connectivity index (χ1v) is 10.4. The average molecular weight is 483 g/mol. The monoisotopic (exact) mass is 481 g/mol. The molecule has 0 aliphatic carbocycles. The van der Waals surface area contributed by atoms with Gasteiger partial charge in [-0.1, -0.05) is 45.7 Å². The fourth-order valence-electron chi connectivity index (χ4n) is 2.66. The Bertz CT molecular complexity index is 963. The van der Waals surface area contributed by atoms with Crippen molar-refractivity contribution < 1.29 is 19.1 Å². The van der Waals surface area contributed by atoms with Crippen molar-refractivity contribution >= 4 is 56.5 Å². The summed E-state index contributed by atoms with van der Waals surface area (Å²) in [6.45, 7) is 2.52. The Kier molecular flexibility index (Phi) is 6.69. The van der Waals surface area contributed by atoms with Crippen LogP contribution in [0.4, 0.5) is 4.79 Å². The van der Waals surface area contributed by atoms with Gasteiger partial charge >= 0.3 is 0 Å². The summed E-state index contributed by atoms with van der Waals surface area (Å²) in [6.07, 6.45) is 1.67. The summed E-state index contributed by atoms with van der Waals surface area (Å²) in [5.74, 6) is 0.794. The summed E-state index contributed by atoms with van der Waals surface area (Å²) in [7, 11) is 1.55. The highest BCUT2D eigenvalue weighted by Crippen LogP contribution is 2.38. The Morgan fingerprint density at radius 2 is 1.96 bits per heavy atom. The van der Waals surface area contributed by atoms with Crippen molar-refractivity contribution in [2.45, 2.75) is 13.5 Å². The molecule has 0 N–H and O–H groups in total. The first kappa shape index (κ1) is 20.8. The molecule has 2 amide bonds. The number of carbonyl (C=O) groups excluding carboxylic acids is 2. The van der Waals surface area contributed by atoms with E-state index >= 15 is 0 Å². The second-order valence-corrected chi connectivity index (χ2v) is 8.07. The predicted octanol–water partition coefficient (Wildman–Crippen LogP) is 5.75. The quantitative estimate of drug-likeness (QED) is 0.491. The Labute approximate surface area is 180 Å². The number of imide groups is 1. The maximum absolute atomic E-state index is 12.8. The molecule has 0 bridgehead atoms. The summed E-state index contributed by atoms with van der Waals surface area (Å²) < 4.78 is 11.6. The normalized spacial score (nSPS) is 15.4. The van der Waals surface area contributed by atoms with Crippen LogP contribution in [0.1, 0.15) is 18.1 Å². The third kappa shape index (κ3) is 4.37.